The lowest BCUT2D eigenvalue weighted by Gasteiger charge is -2.39. The van der Waals surface area contributed by atoms with E-state index in [-0.39, 0.29) is 48.1 Å². The first-order valence-electron chi connectivity index (χ1n) is 8.61. The highest BCUT2D eigenvalue weighted by atomic mass is 16.6. The Morgan fingerprint density at radius 1 is 1.48 bits per heavy atom. The van der Waals surface area contributed by atoms with Crippen molar-refractivity contribution in [2.75, 3.05) is 26.8 Å². The molecule has 1 amide bonds. The first kappa shape index (κ1) is 17.6. The molecule has 9 heteroatoms. The molecular weight excluding hydrogens is 352 g/mol. The van der Waals surface area contributed by atoms with Crippen LogP contribution in [0.25, 0.3) is 0 Å². The third kappa shape index (κ3) is 2.17. The number of primary amides is 1. The van der Waals surface area contributed by atoms with Crippen LogP contribution in [-0.2, 0) is 19.1 Å². The smallest absolute Gasteiger partial charge is 0.404 e. The number of Topliss-reactive ketones (excluding diaryl/α,β-unsaturated/α-hetero) is 2. The van der Waals surface area contributed by atoms with E-state index in [1.54, 1.807) is 6.92 Å². The molecule has 4 atom stereocenters. The predicted octanol–water partition coefficient (Wildman–Crippen LogP) is -1.39. The van der Waals surface area contributed by atoms with E-state index in [9.17, 15) is 14.4 Å². The molecule has 2 fully saturated rings. The molecule has 0 radical (unpaired) electrons. The number of hydrogen-bond acceptors (Lipinski definition) is 8. The predicted molar refractivity (Wildman–Crippen MR) is 92.8 cm³/mol. The zero-order chi connectivity index (χ0) is 19.5. The maximum Gasteiger partial charge on any atom is 0.404 e. The molecule has 0 aromatic rings. The number of hydrogen-bond donors (Lipinski definition) is 3. The molecule has 0 bridgehead atoms. The molecule has 4 N–H and O–H groups in total. The van der Waals surface area contributed by atoms with Gasteiger partial charge in [-0.2, -0.15) is 0 Å². The van der Waals surface area contributed by atoms with Gasteiger partial charge < -0.3 is 30.7 Å². The van der Waals surface area contributed by atoms with Gasteiger partial charge in [0, 0.05) is 30.8 Å². The van der Waals surface area contributed by atoms with Crippen molar-refractivity contribution in [3.8, 4) is 12.3 Å². The molecule has 2 saturated heterocycles. The molecule has 0 spiro atoms. The lowest BCUT2D eigenvalue weighted by Crippen LogP contribution is -2.55. The average molecular weight is 372 g/mol. The Hall–Kier alpha value is -2.83. The molecule has 0 aromatic carbocycles. The number of ketones is 2. The average Bonchev–Trinajstić information content (AvgIpc) is 3.24. The number of fused-ring (bicyclic) bond motifs is 4. The molecule has 4 aliphatic rings. The maximum atomic E-state index is 13.3. The van der Waals surface area contributed by atoms with Gasteiger partial charge in [0.25, 0.3) is 0 Å². The van der Waals surface area contributed by atoms with Crippen LogP contribution in [0.5, 0.6) is 0 Å². The van der Waals surface area contributed by atoms with Crippen LogP contribution in [-0.4, -0.2) is 67.2 Å². The molecular formula is C18H20N4O5. The number of ether oxygens (including phenoxy) is 2. The van der Waals surface area contributed by atoms with Gasteiger partial charge in [-0.3, -0.25) is 9.59 Å². The minimum absolute atomic E-state index is 0.0717. The first-order chi connectivity index (χ1) is 12.9. The van der Waals surface area contributed by atoms with Gasteiger partial charge in [0.15, 0.2) is 5.72 Å². The van der Waals surface area contributed by atoms with E-state index in [0.717, 1.165) is 0 Å². The van der Waals surface area contributed by atoms with Gasteiger partial charge in [-0.1, -0.05) is 5.92 Å². The van der Waals surface area contributed by atoms with Crippen LogP contribution in [0.15, 0.2) is 22.5 Å². The summed E-state index contributed by atoms with van der Waals surface area (Å²) in [7, 11) is 1.53. The van der Waals surface area contributed by atoms with Crippen molar-refractivity contribution < 1.29 is 23.9 Å². The van der Waals surface area contributed by atoms with Crippen molar-refractivity contribution in [2.45, 2.75) is 24.7 Å². The van der Waals surface area contributed by atoms with Crippen LogP contribution in [0.2, 0.25) is 0 Å². The third-order valence-corrected chi connectivity index (χ3v) is 5.80. The summed E-state index contributed by atoms with van der Waals surface area (Å²) in [6.45, 7) is 2.08. The molecule has 0 saturated carbocycles. The van der Waals surface area contributed by atoms with Gasteiger partial charge in [-0.05, 0) is 6.92 Å². The van der Waals surface area contributed by atoms with Crippen molar-refractivity contribution in [1.82, 2.24) is 15.5 Å². The first-order valence-corrected chi connectivity index (χ1v) is 8.61. The number of terminal acetylenes is 1. The third-order valence-electron chi connectivity index (χ3n) is 5.80. The monoisotopic (exact) mass is 372 g/mol. The number of piperazine rings is 1. The van der Waals surface area contributed by atoms with Crippen molar-refractivity contribution in [2.24, 2.45) is 11.7 Å². The minimum atomic E-state index is -0.974. The number of rotatable bonds is 5. The number of methoxy groups -OCH3 is 1. The van der Waals surface area contributed by atoms with E-state index in [0.29, 0.717) is 17.8 Å². The van der Waals surface area contributed by atoms with Gasteiger partial charge in [-0.15, -0.1) is 6.42 Å². The fourth-order valence-corrected chi connectivity index (χ4v) is 4.64. The maximum absolute atomic E-state index is 13.3. The summed E-state index contributed by atoms with van der Waals surface area (Å²) < 4.78 is 10.9. The largest absolute Gasteiger partial charge is 0.449 e. The Morgan fingerprint density at radius 3 is 2.85 bits per heavy atom. The summed E-state index contributed by atoms with van der Waals surface area (Å²) in [5.41, 5.74) is 5.24. The van der Waals surface area contributed by atoms with Crippen molar-refractivity contribution in [1.29, 1.82) is 0 Å². The van der Waals surface area contributed by atoms with E-state index < -0.39 is 17.7 Å². The Labute approximate surface area is 155 Å². The number of amides is 1. The second-order valence-corrected chi connectivity index (χ2v) is 6.98. The Morgan fingerprint density at radius 2 is 2.22 bits per heavy atom. The van der Waals surface area contributed by atoms with Gasteiger partial charge in [0.05, 0.1) is 29.9 Å². The lowest BCUT2D eigenvalue weighted by atomic mass is 9.82. The topological polar surface area (TPSA) is 133 Å². The van der Waals surface area contributed by atoms with Crippen LogP contribution in [0.3, 0.4) is 0 Å². The highest BCUT2D eigenvalue weighted by molar-refractivity contribution is 6.25. The van der Waals surface area contributed by atoms with Crippen LogP contribution < -0.4 is 16.4 Å². The quantitative estimate of drug-likeness (QED) is 0.305. The van der Waals surface area contributed by atoms with Gasteiger partial charge >= 0.3 is 6.09 Å². The summed E-state index contributed by atoms with van der Waals surface area (Å²) in [6, 6.07) is 0.0841. The van der Waals surface area contributed by atoms with Crippen LogP contribution >= 0.6 is 0 Å². The summed E-state index contributed by atoms with van der Waals surface area (Å²) in [5.74, 6) is 1.16. The zero-order valence-electron chi connectivity index (χ0n) is 15.0. The number of nitrogens with two attached hydrogens (primary N) is 1. The lowest BCUT2D eigenvalue weighted by molar-refractivity contribution is -0.137. The van der Waals surface area contributed by atoms with Crippen LogP contribution in [0.4, 0.5) is 4.79 Å². The van der Waals surface area contributed by atoms with E-state index in [4.69, 9.17) is 21.6 Å². The Balaban J connectivity index is 1.80. The summed E-state index contributed by atoms with van der Waals surface area (Å²) in [5, 5.41) is 6.15. The Bertz CT molecular complexity index is 869. The summed E-state index contributed by atoms with van der Waals surface area (Å²) in [6.07, 6.45) is 4.32. The normalized spacial score (nSPS) is 33.5. The highest BCUT2D eigenvalue weighted by Gasteiger charge is 2.72. The fourth-order valence-electron chi connectivity index (χ4n) is 4.64. The van der Waals surface area contributed by atoms with Crippen LogP contribution in [0.1, 0.15) is 6.92 Å². The molecule has 142 valence electrons. The molecule has 1 aliphatic carbocycles. The number of carbonyl (C=O) groups is 3. The zero-order valence-corrected chi connectivity index (χ0v) is 15.0. The van der Waals surface area contributed by atoms with E-state index in [2.05, 4.69) is 16.6 Å². The molecule has 3 aliphatic heterocycles. The highest BCUT2D eigenvalue weighted by Crippen LogP contribution is 2.55. The van der Waals surface area contributed by atoms with E-state index in [1.165, 1.54) is 7.11 Å². The standard InChI is InChI=1S/C18H20N4O5/c1-4-5-20-12-8(2)14(23)13-11(15(12)24)9(7-27-17(19)25)18(26-3)16-10(21-16)6-22(13)18/h1,9-10,16,20-21H,5-7H2,2-3H3,(H2,19,25). The minimum Gasteiger partial charge on any atom is -0.449 e. The molecule has 0 aromatic heterocycles. The van der Waals surface area contributed by atoms with Crippen molar-refractivity contribution in [3.05, 3.63) is 22.5 Å². The SMILES string of the molecule is C#CCNC1=C(C)C(=O)C2=C(C1=O)C(COC(N)=O)C1(OC)C3NC3CN21. The van der Waals surface area contributed by atoms with Crippen LogP contribution in [0, 0.1) is 18.3 Å². The molecule has 9 nitrogen and oxygen atoms in total. The second-order valence-electron chi connectivity index (χ2n) is 6.98. The number of allylic oxidation sites excluding steroid dienone is 2. The number of nitrogens with zero attached hydrogens (tertiary/aromatic N) is 1. The molecule has 4 rings (SSSR count). The molecule has 4 unspecified atom stereocenters. The summed E-state index contributed by atoms with van der Waals surface area (Å²) >= 11 is 0. The summed E-state index contributed by atoms with van der Waals surface area (Å²) in [4.78, 5) is 39.4. The van der Waals surface area contributed by atoms with Crippen molar-refractivity contribution in [3.63, 3.8) is 0 Å². The van der Waals surface area contributed by atoms with Gasteiger partial charge in [-0.25, -0.2) is 4.79 Å². The van der Waals surface area contributed by atoms with Crippen molar-refractivity contribution >= 4 is 17.7 Å². The van der Waals surface area contributed by atoms with E-state index >= 15 is 0 Å². The molecule has 3 heterocycles. The van der Waals surface area contributed by atoms with Gasteiger partial charge in [0.1, 0.15) is 6.61 Å². The number of nitrogens with one attached hydrogen (secondary N) is 2. The molecule has 27 heavy (non-hydrogen) atoms. The second kappa shape index (κ2) is 5.84. The van der Waals surface area contributed by atoms with Gasteiger partial charge in [0.2, 0.25) is 11.6 Å². The Kier molecular flexibility index (Phi) is 3.80. The fraction of sp³-hybridized carbons (Fsp3) is 0.500. The number of carbonyl (C=O) groups excluding carboxylic acids is 3. The van der Waals surface area contributed by atoms with E-state index in [1.807, 2.05) is 4.90 Å².